The van der Waals surface area contributed by atoms with Gasteiger partial charge in [0.2, 0.25) is 0 Å². The Balaban J connectivity index is 2.67. The monoisotopic (exact) mass is 253 g/mol. The van der Waals surface area contributed by atoms with Gasteiger partial charge in [0.1, 0.15) is 0 Å². The average Bonchev–Trinajstić information content (AvgIpc) is 2.36. The van der Waals surface area contributed by atoms with Crippen LogP contribution in [0.4, 0.5) is 0 Å². The number of nitrogens with one attached hydrogen (secondary N) is 1. The number of nitrogens with two attached hydrogens (primary N) is 2. The Kier molecular flexibility index (Phi) is 6.04. The Bertz CT molecular complexity index is 371. The fourth-order valence-corrected chi connectivity index (χ4v) is 2.51. The SMILES string of the molecule is CC(CCN)SCc1ccccc1C(=O)NN. The highest BCUT2D eigenvalue weighted by Gasteiger charge is 2.10. The predicted octanol–water partition coefficient (Wildman–Crippen LogP) is 1.26. The molecule has 0 fully saturated rings. The molecule has 1 atom stereocenters. The van der Waals surface area contributed by atoms with Crippen LogP contribution in [-0.2, 0) is 5.75 Å². The summed E-state index contributed by atoms with van der Waals surface area (Å²) in [6.45, 7) is 2.84. The van der Waals surface area contributed by atoms with Crippen LogP contribution in [0.3, 0.4) is 0 Å². The first-order valence-corrected chi connectivity index (χ1v) is 6.64. The van der Waals surface area contributed by atoms with Gasteiger partial charge in [-0.2, -0.15) is 11.8 Å². The molecule has 1 aromatic carbocycles. The molecule has 0 aromatic heterocycles. The van der Waals surface area contributed by atoms with Gasteiger partial charge in [-0.1, -0.05) is 25.1 Å². The summed E-state index contributed by atoms with van der Waals surface area (Å²) >= 11 is 1.80. The average molecular weight is 253 g/mol. The maximum Gasteiger partial charge on any atom is 0.265 e. The number of rotatable bonds is 6. The number of hydrogen-bond acceptors (Lipinski definition) is 4. The minimum atomic E-state index is -0.243. The van der Waals surface area contributed by atoms with Crippen molar-refractivity contribution >= 4 is 17.7 Å². The third kappa shape index (κ3) is 4.38. The molecule has 17 heavy (non-hydrogen) atoms. The standard InChI is InChI=1S/C12H19N3OS/c1-9(6-7-13)17-8-10-4-2-3-5-11(10)12(16)15-14/h2-5,9H,6-8,13-14H2,1H3,(H,15,16). The van der Waals surface area contributed by atoms with Crippen molar-refractivity contribution in [2.24, 2.45) is 11.6 Å². The van der Waals surface area contributed by atoms with Gasteiger partial charge < -0.3 is 5.73 Å². The maximum atomic E-state index is 11.5. The van der Waals surface area contributed by atoms with E-state index in [4.69, 9.17) is 11.6 Å². The van der Waals surface area contributed by atoms with Crippen molar-refractivity contribution in [1.82, 2.24) is 5.43 Å². The molecule has 5 N–H and O–H groups in total. The Morgan fingerprint density at radius 3 is 2.82 bits per heavy atom. The quantitative estimate of drug-likeness (QED) is 0.405. The van der Waals surface area contributed by atoms with Crippen LogP contribution in [0.2, 0.25) is 0 Å². The summed E-state index contributed by atoms with van der Waals surface area (Å²) in [4.78, 5) is 11.5. The van der Waals surface area contributed by atoms with E-state index in [0.717, 1.165) is 17.7 Å². The third-order valence-electron chi connectivity index (χ3n) is 2.49. The van der Waals surface area contributed by atoms with E-state index in [1.165, 1.54) is 0 Å². The lowest BCUT2D eigenvalue weighted by atomic mass is 10.1. The Hall–Kier alpha value is -1.04. The zero-order valence-electron chi connectivity index (χ0n) is 9.98. The number of carbonyl (C=O) groups excluding carboxylic acids is 1. The molecule has 0 bridgehead atoms. The molecule has 4 nitrogen and oxygen atoms in total. The van der Waals surface area contributed by atoms with Crippen molar-refractivity contribution < 1.29 is 4.79 Å². The molecule has 0 radical (unpaired) electrons. The zero-order valence-corrected chi connectivity index (χ0v) is 10.8. The highest BCUT2D eigenvalue weighted by Crippen LogP contribution is 2.21. The molecule has 1 unspecified atom stereocenters. The summed E-state index contributed by atoms with van der Waals surface area (Å²) < 4.78 is 0. The van der Waals surface area contributed by atoms with E-state index >= 15 is 0 Å². The molecule has 1 aromatic rings. The van der Waals surface area contributed by atoms with E-state index < -0.39 is 0 Å². The van der Waals surface area contributed by atoms with Crippen molar-refractivity contribution in [2.45, 2.75) is 24.3 Å². The molecule has 0 spiro atoms. The number of benzene rings is 1. The number of amides is 1. The first-order chi connectivity index (χ1) is 8.19. The second-order valence-electron chi connectivity index (χ2n) is 3.83. The highest BCUT2D eigenvalue weighted by molar-refractivity contribution is 7.99. The summed E-state index contributed by atoms with van der Waals surface area (Å²) in [6, 6.07) is 7.50. The normalized spacial score (nSPS) is 12.2. The van der Waals surface area contributed by atoms with Crippen LogP contribution in [0.1, 0.15) is 29.3 Å². The summed E-state index contributed by atoms with van der Waals surface area (Å²) in [6.07, 6.45) is 0.982. The van der Waals surface area contributed by atoms with Crippen molar-refractivity contribution in [2.75, 3.05) is 6.54 Å². The van der Waals surface area contributed by atoms with Gasteiger partial charge in [0.15, 0.2) is 0 Å². The molecular weight excluding hydrogens is 234 g/mol. The van der Waals surface area contributed by atoms with Crippen LogP contribution in [0.25, 0.3) is 0 Å². The van der Waals surface area contributed by atoms with Crippen LogP contribution in [0, 0.1) is 0 Å². The third-order valence-corrected chi connectivity index (χ3v) is 3.77. The lowest BCUT2D eigenvalue weighted by Gasteiger charge is -2.12. The van der Waals surface area contributed by atoms with Crippen molar-refractivity contribution in [3.05, 3.63) is 35.4 Å². The molecule has 1 amide bonds. The molecule has 5 heteroatoms. The van der Waals surface area contributed by atoms with Crippen molar-refractivity contribution in [1.29, 1.82) is 0 Å². The first-order valence-electron chi connectivity index (χ1n) is 5.59. The minimum Gasteiger partial charge on any atom is -0.330 e. The van der Waals surface area contributed by atoms with E-state index in [0.29, 0.717) is 17.4 Å². The van der Waals surface area contributed by atoms with Gasteiger partial charge in [-0.15, -0.1) is 0 Å². The van der Waals surface area contributed by atoms with Crippen LogP contribution in [-0.4, -0.2) is 17.7 Å². The molecule has 0 aliphatic heterocycles. The summed E-state index contributed by atoms with van der Waals surface area (Å²) in [7, 11) is 0. The number of nitrogen functional groups attached to an aromatic ring is 1. The Morgan fingerprint density at radius 1 is 1.47 bits per heavy atom. The van der Waals surface area contributed by atoms with Gasteiger partial charge in [-0.05, 0) is 24.6 Å². The molecular formula is C12H19N3OS. The fraction of sp³-hybridized carbons (Fsp3) is 0.417. The van der Waals surface area contributed by atoms with E-state index in [9.17, 15) is 4.79 Å². The van der Waals surface area contributed by atoms with Gasteiger partial charge >= 0.3 is 0 Å². The fourth-order valence-electron chi connectivity index (χ4n) is 1.50. The van der Waals surface area contributed by atoms with Gasteiger partial charge in [0, 0.05) is 16.6 Å². The van der Waals surface area contributed by atoms with E-state index in [1.54, 1.807) is 17.8 Å². The van der Waals surface area contributed by atoms with Crippen LogP contribution < -0.4 is 17.0 Å². The molecule has 0 aliphatic carbocycles. The molecule has 0 heterocycles. The molecule has 94 valence electrons. The van der Waals surface area contributed by atoms with E-state index in [2.05, 4.69) is 12.3 Å². The van der Waals surface area contributed by atoms with Crippen molar-refractivity contribution in [3.63, 3.8) is 0 Å². The topological polar surface area (TPSA) is 81.1 Å². The lowest BCUT2D eigenvalue weighted by Crippen LogP contribution is -2.30. The van der Waals surface area contributed by atoms with Crippen LogP contribution in [0.15, 0.2) is 24.3 Å². The number of hydrogen-bond donors (Lipinski definition) is 3. The van der Waals surface area contributed by atoms with Gasteiger partial charge in [-0.25, -0.2) is 5.84 Å². The summed E-state index contributed by atoms with van der Waals surface area (Å²) in [5, 5.41) is 0.494. The largest absolute Gasteiger partial charge is 0.330 e. The summed E-state index contributed by atoms with van der Waals surface area (Å²) in [5.41, 5.74) is 9.32. The summed E-state index contributed by atoms with van der Waals surface area (Å²) in [5.74, 6) is 5.71. The van der Waals surface area contributed by atoms with Crippen molar-refractivity contribution in [3.8, 4) is 0 Å². The van der Waals surface area contributed by atoms with Gasteiger partial charge in [0.05, 0.1) is 0 Å². The van der Waals surface area contributed by atoms with E-state index in [1.807, 2.05) is 18.2 Å². The zero-order chi connectivity index (χ0) is 12.7. The maximum absolute atomic E-state index is 11.5. The first kappa shape index (κ1) is 14.0. The van der Waals surface area contributed by atoms with Gasteiger partial charge in [0.25, 0.3) is 5.91 Å². The Morgan fingerprint density at radius 2 is 2.18 bits per heavy atom. The Labute approximate surface area is 106 Å². The molecule has 1 rings (SSSR count). The van der Waals surface area contributed by atoms with Crippen LogP contribution >= 0.6 is 11.8 Å². The molecule has 0 saturated heterocycles. The molecule has 0 aliphatic rings. The van der Waals surface area contributed by atoms with Crippen LogP contribution in [0.5, 0.6) is 0 Å². The lowest BCUT2D eigenvalue weighted by molar-refractivity contribution is 0.0953. The number of carbonyl (C=O) groups is 1. The number of hydrazine groups is 1. The predicted molar refractivity (Wildman–Crippen MR) is 72.5 cm³/mol. The highest BCUT2D eigenvalue weighted by atomic mass is 32.2. The minimum absolute atomic E-state index is 0.243. The molecule has 0 saturated carbocycles. The number of thioether (sulfide) groups is 1. The van der Waals surface area contributed by atoms with E-state index in [-0.39, 0.29) is 5.91 Å². The second-order valence-corrected chi connectivity index (χ2v) is 5.26. The smallest absolute Gasteiger partial charge is 0.265 e. The second kappa shape index (κ2) is 7.32. The van der Waals surface area contributed by atoms with Gasteiger partial charge in [-0.3, -0.25) is 10.2 Å².